The van der Waals surface area contributed by atoms with Crippen LogP contribution in [-0.4, -0.2) is 24.0 Å². The highest BCUT2D eigenvalue weighted by molar-refractivity contribution is 5.22. The van der Waals surface area contributed by atoms with Crippen LogP contribution in [0.3, 0.4) is 0 Å². The van der Waals surface area contributed by atoms with Gasteiger partial charge in [-0.3, -0.25) is 4.90 Å². The fourth-order valence-corrected chi connectivity index (χ4v) is 2.59. The Balaban J connectivity index is 2.15. The van der Waals surface area contributed by atoms with Crippen molar-refractivity contribution in [3.05, 3.63) is 35.6 Å². The molecule has 0 heterocycles. The van der Waals surface area contributed by atoms with Gasteiger partial charge in [0.2, 0.25) is 0 Å². The summed E-state index contributed by atoms with van der Waals surface area (Å²) >= 11 is 0. The Morgan fingerprint density at radius 2 is 2.00 bits per heavy atom. The molecule has 0 amide bonds. The summed E-state index contributed by atoms with van der Waals surface area (Å²) in [6, 6.07) is 7.67. The van der Waals surface area contributed by atoms with Crippen LogP contribution in [0.2, 0.25) is 0 Å². The lowest BCUT2D eigenvalue weighted by Crippen LogP contribution is -2.37. The first-order valence-corrected chi connectivity index (χ1v) is 7.33. The van der Waals surface area contributed by atoms with Crippen molar-refractivity contribution in [2.75, 3.05) is 13.1 Å². The van der Waals surface area contributed by atoms with E-state index in [1.54, 1.807) is 6.07 Å². The highest BCUT2D eigenvalue weighted by Gasteiger charge is 2.34. The minimum Gasteiger partial charge on any atom is -0.329 e. The molecule has 0 spiro atoms. The van der Waals surface area contributed by atoms with Crippen LogP contribution >= 0.6 is 0 Å². The highest BCUT2D eigenvalue weighted by atomic mass is 19.1. The first-order valence-electron chi connectivity index (χ1n) is 7.33. The van der Waals surface area contributed by atoms with Crippen molar-refractivity contribution in [3.63, 3.8) is 0 Å². The number of hydrogen-bond donors (Lipinski definition) is 1. The summed E-state index contributed by atoms with van der Waals surface area (Å²) in [7, 11) is 0. The molecule has 0 bridgehead atoms. The fourth-order valence-electron chi connectivity index (χ4n) is 2.59. The van der Waals surface area contributed by atoms with Gasteiger partial charge < -0.3 is 5.73 Å². The minimum atomic E-state index is -0.131. The molecule has 1 aromatic rings. The Bertz CT molecular complexity index is 401. The Morgan fingerprint density at radius 3 is 2.53 bits per heavy atom. The topological polar surface area (TPSA) is 29.3 Å². The molecular weight excluding hydrogens is 239 g/mol. The van der Waals surface area contributed by atoms with E-state index in [2.05, 4.69) is 18.7 Å². The summed E-state index contributed by atoms with van der Waals surface area (Å²) in [5, 5.41) is 0. The van der Waals surface area contributed by atoms with Gasteiger partial charge in [0, 0.05) is 18.2 Å². The maximum atomic E-state index is 14.0. The van der Waals surface area contributed by atoms with Crippen LogP contribution in [0, 0.1) is 11.7 Å². The molecule has 2 rings (SSSR count). The Labute approximate surface area is 115 Å². The molecule has 0 saturated heterocycles. The molecule has 0 radical (unpaired) electrons. The standard InChI is InChI=1S/C16H25FN2/c1-12(2)9-10-19(13-7-8-13)16(11-18)14-5-3-4-6-15(14)17/h3-6,12-13,16H,7-11,18H2,1-2H3. The fraction of sp³-hybridized carbons (Fsp3) is 0.625. The van der Waals surface area contributed by atoms with E-state index in [4.69, 9.17) is 5.73 Å². The lowest BCUT2D eigenvalue weighted by atomic mass is 10.0. The molecular formula is C16H25FN2. The zero-order valence-corrected chi connectivity index (χ0v) is 12.0. The van der Waals surface area contributed by atoms with E-state index in [0.29, 0.717) is 18.5 Å². The third-order valence-electron chi connectivity index (χ3n) is 3.87. The molecule has 2 nitrogen and oxygen atoms in total. The minimum absolute atomic E-state index is 0.0208. The van der Waals surface area contributed by atoms with E-state index >= 15 is 0 Å². The molecule has 0 aromatic heterocycles. The summed E-state index contributed by atoms with van der Waals surface area (Å²) in [4.78, 5) is 2.42. The van der Waals surface area contributed by atoms with Crippen molar-refractivity contribution in [1.82, 2.24) is 4.90 Å². The Kier molecular flexibility index (Phi) is 4.94. The van der Waals surface area contributed by atoms with Gasteiger partial charge in [-0.15, -0.1) is 0 Å². The summed E-state index contributed by atoms with van der Waals surface area (Å²) in [6.45, 7) is 5.95. The van der Waals surface area contributed by atoms with Crippen LogP contribution < -0.4 is 5.73 Å². The monoisotopic (exact) mass is 264 g/mol. The van der Waals surface area contributed by atoms with Crippen molar-refractivity contribution in [2.45, 2.75) is 45.2 Å². The van der Waals surface area contributed by atoms with Gasteiger partial charge in [0.15, 0.2) is 0 Å². The average Bonchev–Trinajstić information content (AvgIpc) is 3.20. The van der Waals surface area contributed by atoms with E-state index in [9.17, 15) is 4.39 Å². The maximum absolute atomic E-state index is 14.0. The number of nitrogens with two attached hydrogens (primary N) is 1. The number of nitrogens with zero attached hydrogens (tertiary/aromatic N) is 1. The molecule has 1 aliphatic rings. The predicted molar refractivity (Wildman–Crippen MR) is 77.4 cm³/mol. The molecule has 1 atom stereocenters. The van der Waals surface area contributed by atoms with Gasteiger partial charge in [0.1, 0.15) is 5.82 Å². The van der Waals surface area contributed by atoms with Gasteiger partial charge in [-0.1, -0.05) is 32.0 Å². The zero-order chi connectivity index (χ0) is 13.8. The van der Waals surface area contributed by atoms with E-state index in [1.165, 1.54) is 18.9 Å². The molecule has 1 saturated carbocycles. The lowest BCUT2D eigenvalue weighted by Gasteiger charge is -2.32. The molecule has 1 fully saturated rings. The number of halogens is 1. The second-order valence-electron chi connectivity index (χ2n) is 5.92. The quantitative estimate of drug-likeness (QED) is 0.818. The number of rotatable bonds is 7. The molecule has 3 heteroatoms. The smallest absolute Gasteiger partial charge is 0.128 e. The molecule has 1 aliphatic carbocycles. The Hall–Kier alpha value is -0.930. The molecule has 2 N–H and O–H groups in total. The van der Waals surface area contributed by atoms with E-state index in [-0.39, 0.29) is 11.9 Å². The first kappa shape index (κ1) is 14.5. The highest BCUT2D eigenvalue weighted by Crippen LogP contribution is 2.35. The van der Waals surface area contributed by atoms with Crippen LogP contribution in [0.1, 0.15) is 44.7 Å². The normalized spacial score (nSPS) is 17.2. The van der Waals surface area contributed by atoms with Crippen LogP contribution in [0.5, 0.6) is 0 Å². The second-order valence-corrected chi connectivity index (χ2v) is 5.92. The van der Waals surface area contributed by atoms with Gasteiger partial charge in [-0.2, -0.15) is 0 Å². The summed E-state index contributed by atoms with van der Waals surface area (Å²) in [5.74, 6) is 0.536. The Morgan fingerprint density at radius 1 is 1.32 bits per heavy atom. The van der Waals surface area contributed by atoms with Crippen LogP contribution in [-0.2, 0) is 0 Å². The average molecular weight is 264 g/mol. The second kappa shape index (κ2) is 6.49. The van der Waals surface area contributed by atoms with Crippen molar-refractivity contribution < 1.29 is 4.39 Å². The molecule has 1 aromatic carbocycles. The van der Waals surface area contributed by atoms with Crippen molar-refractivity contribution in [3.8, 4) is 0 Å². The van der Waals surface area contributed by atoms with Crippen LogP contribution in [0.4, 0.5) is 4.39 Å². The van der Waals surface area contributed by atoms with Crippen LogP contribution in [0.15, 0.2) is 24.3 Å². The largest absolute Gasteiger partial charge is 0.329 e. The predicted octanol–water partition coefficient (Wildman–Crippen LogP) is 3.34. The van der Waals surface area contributed by atoms with Gasteiger partial charge in [0.05, 0.1) is 6.04 Å². The third kappa shape index (κ3) is 3.77. The van der Waals surface area contributed by atoms with E-state index in [1.807, 2.05) is 12.1 Å². The van der Waals surface area contributed by atoms with Gasteiger partial charge in [-0.25, -0.2) is 4.39 Å². The van der Waals surface area contributed by atoms with E-state index < -0.39 is 0 Å². The number of hydrogen-bond acceptors (Lipinski definition) is 2. The van der Waals surface area contributed by atoms with Gasteiger partial charge >= 0.3 is 0 Å². The van der Waals surface area contributed by atoms with Gasteiger partial charge in [0.25, 0.3) is 0 Å². The van der Waals surface area contributed by atoms with Gasteiger partial charge in [-0.05, 0) is 37.8 Å². The molecule has 106 valence electrons. The summed E-state index contributed by atoms with van der Waals surface area (Å²) in [5.41, 5.74) is 6.69. The maximum Gasteiger partial charge on any atom is 0.128 e. The zero-order valence-electron chi connectivity index (χ0n) is 12.0. The molecule has 0 aliphatic heterocycles. The third-order valence-corrected chi connectivity index (χ3v) is 3.87. The van der Waals surface area contributed by atoms with Crippen LogP contribution in [0.25, 0.3) is 0 Å². The first-order chi connectivity index (χ1) is 9.13. The summed E-state index contributed by atoms with van der Waals surface area (Å²) in [6.07, 6.45) is 3.59. The molecule has 19 heavy (non-hydrogen) atoms. The summed E-state index contributed by atoms with van der Waals surface area (Å²) < 4.78 is 14.0. The van der Waals surface area contributed by atoms with Crippen molar-refractivity contribution >= 4 is 0 Å². The lowest BCUT2D eigenvalue weighted by molar-refractivity contribution is 0.177. The van der Waals surface area contributed by atoms with Crippen molar-refractivity contribution in [2.24, 2.45) is 11.7 Å². The molecule has 1 unspecified atom stereocenters. The van der Waals surface area contributed by atoms with Crippen molar-refractivity contribution in [1.29, 1.82) is 0 Å². The number of benzene rings is 1. The van der Waals surface area contributed by atoms with E-state index in [0.717, 1.165) is 18.5 Å². The SMILES string of the molecule is CC(C)CCN(C1CC1)C(CN)c1ccccc1F.